The van der Waals surface area contributed by atoms with E-state index in [9.17, 15) is 19.1 Å². The molecule has 2 N–H and O–H groups in total. The maximum atomic E-state index is 13.0. The van der Waals surface area contributed by atoms with E-state index >= 15 is 0 Å². The van der Waals surface area contributed by atoms with E-state index in [0.29, 0.717) is 12.8 Å². The minimum Gasteiger partial charge on any atom is -0.481 e. The van der Waals surface area contributed by atoms with Gasteiger partial charge in [0.15, 0.2) is 0 Å². The zero-order valence-electron chi connectivity index (χ0n) is 11.8. The van der Waals surface area contributed by atoms with Gasteiger partial charge in [-0.1, -0.05) is 25.7 Å². The van der Waals surface area contributed by atoms with E-state index in [4.69, 9.17) is 0 Å². The highest BCUT2D eigenvalue weighted by Gasteiger charge is 2.38. The van der Waals surface area contributed by atoms with Crippen LogP contribution in [0.25, 0.3) is 0 Å². The van der Waals surface area contributed by atoms with Crippen molar-refractivity contribution >= 4 is 11.9 Å². The number of carbonyl (C=O) groups excluding carboxylic acids is 1. The van der Waals surface area contributed by atoms with E-state index in [-0.39, 0.29) is 12.1 Å². The third-order valence-electron chi connectivity index (χ3n) is 4.09. The topological polar surface area (TPSA) is 79.3 Å². The van der Waals surface area contributed by atoms with Crippen LogP contribution in [0.1, 0.15) is 48.9 Å². The van der Waals surface area contributed by atoms with Crippen LogP contribution in [0.15, 0.2) is 18.3 Å². The van der Waals surface area contributed by atoms with Gasteiger partial charge in [0, 0.05) is 24.4 Å². The van der Waals surface area contributed by atoms with Crippen LogP contribution in [0.3, 0.4) is 0 Å². The molecule has 0 saturated heterocycles. The normalized spacial score (nSPS) is 17.8. The zero-order chi connectivity index (χ0) is 15.3. The van der Waals surface area contributed by atoms with Crippen molar-refractivity contribution < 1.29 is 19.1 Å². The Morgan fingerprint density at radius 3 is 2.52 bits per heavy atom. The average molecular weight is 294 g/mol. The largest absolute Gasteiger partial charge is 0.481 e. The molecule has 5 nitrogen and oxygen atoms in total. The van der Waals surface area contributed by atoms with Crippen LogP contribution < -0.4 is 5.32 Å². The van der Waals surface area contributed by atoms with Crippen LogP contribution in [-0.4, -0.2) is 28.5 Å². The van der Waals surface area contributed by atoms with Crippen LogP contribution in [0.4, 0.5) is 4.39 Å². The number of rotatable bonds is 4. The highest BCUT2D eigenvalue weighted by molar-refractivity contribution is 5.94. The van der Waals surface area contributed by atoms with Crippen molar-refractivity contribution in [2.45, 2.75) is 38.5 Å². The third kappa shape index (κ3) is 3.77. The highest BCUT2D eigenvalue weighted by Crippen LogP contribution is 2.34. The van der Waals surface area contributed by atoms with Gasteiger partial charge in [-0.3, -0.25) is 9.59 Å². The first kappa shape index (κ1) is 15.4. The van der Waals surface area contributed by atoms with Crippen molar-refractivity contribution in [2.24, 2.45) is 5.41 Å². The van der Waals surface area contributed by atoms with E-state index in [0.717, 1.165) is 31.7 Å². The summed E-state index contributed by atoms with van der Waals surface area (Å²) >= 11 is 0. The second-order valence-electron chi connectivity index (χ2n) is 5.55. The summed E-state index contributed by atoms with van der Waals surface area (Å²) in [5, 5.41) is 12.2. The quantitative estimate of drug-likeness (QED) is 0.660. The zero-order valence-corrected chi connectivity index (χ0v) is 11.8. The molecule has 114 valence electrons. The van der Waals surface area contributed by atoms with Gasteiger partial charge in [0.05, 0.1) is 5.41 Å². The fourth-order valence-electron chi connectivity index (χ4n) is 2.77. The average Bonchev–Trinajstić information content (AvgIpc) is 2.71. The minimum atomic E-state index is -0.905. The number of nitrogens with zero attached hydrogens (tertiary/aromatic N) is 1. The highest BCUT2D eigenvalue weighted by atomic mass is 19.1. The fourth-order valence-corrected chi connectivity index (χ4v) is 2.77. The number of nitrogens with one attached hydrogen (secondary N) is 1. The molecule has 1 aromatic heterocycles. The van der Waals surface area contributed by atoms with Crippen molar-refractivity contribution in [1.29, 1.82) is 0 Å². The Hall–Kier alpha value is -1.98. The van der Waals surface area contributed by atoms with Crippen LogP contribution in [0, 0.1) is 11.4 Å². The number of hydrogen-bond acceptors (Lipinski definition) is 3. The number of aliphatic carboxylic acids is 1. The molecule has 0 atom stereocenters. The van der Waals surface area contributed by atoms with Gasteiger partial charge in [-0.25, -0.2) is 4.98 Å². The Morgan fingerprint density at radius 2 is 1.95 bits per heavy atom. The molecule has 1 heterocycles. The molecule has 0 spiro atoms. The molecule has 0 aliphatic heterocycles. The van der Waals surface area contributed by atoms with Gasteiger partial charge in [0.1, 0.15) is 0 Å². The molecular formula is C15H19FN2O3. The van der Waals surface area contributed by atoms with Gasteiger partial charge in [-0.15, -0.1) is 0 Å². The number of aromatic nitrogens is 1. The number of hydrogen-bond donors (Lipinski definition) is 2. The lowest BCUT2D eigenvalue weighted by Gasteiger charge is -2.28. The molecule has 1 amide bonds. The standard InChI is InChI=1S/C15H19FN2O3/c16-12-9-11(5-8-17-12)13(19)18-10-15(14(20)21)6-3-1-2-4-7-15/h5,8-9H,1-4,6-7,10H2,(H,18,19)(H,20,21). The van der Waals surface area contributed by atoms with Gasteiger partial charge in [0.25, 0.3) is 5.91 Å². The lowest BCUT2D eigenvalue weighted by molar-refractivity contribution is -0.149. The van der Waals surface area contributed by atoms with Crippen LogP contribution in [0.5, 0.6) is 0 Å². The van der Waals surface area contributed by atoms with Gasteiger partial charge in [-0.05, 0) is 18.9 Å². The number of pyridine rings is 1. The molecule has 1 aliphatic carbocycles. The predicted molar refractivity (Wildman–Crippen MR) is 74.3 cm³/mol. The van der Waals surface area contributed by atoms with Crippen LogP contribution >= 0.6 is 0 Å². The lowest BCUT2D eigenvalue weighted by Crippen LogP contribution is -2.42. The smallest absolute Gasteiger partial charge is 0.311 e. The van der Waals surface area contributed by atoms with Crippen molar-refractivity contribution in [3.05, 3.63) is 29.8 Å². The SMILES string of the molecule is O=C(NCC1(C(=O)O)CCCCCC1)c1ccnc(F)c1. The summed E-state index contributed by atoms with van der Waals surface area (Å²) in [6.45, 7) is 0.0745. The Balaban J connectivity index is 2.04. The Bertz CT molecular complexity index is 525. The van der Waals surface area contributed by atoms with Crippen molar-refractivity contribution in [1.82, 2.24) is 10.3 Å². The first-order chi connectivity index (χ1) is 10.0. The minimum absolute atomic E-state index is 0.0745. The fraction of sp³-hybridized carbons (Fsp3) is 0.533. The van der Waals surface area contributed by atoms with Crippen molar-refractivity contribution in [2.75, 3.05) is 6.54 Å². The number of carboxylic acids is 1. The second kappa shape index (κ2) is 6.65. The molecule has 0 unspecified atom stereocenters. The molecule has 1 aliphatic rings. The van der Waals surface area contributed by atoms with Gasteiger partial charge < -0.3 is 10.4 Å². The number of carbonyl (C=O) groups is 2. The molecule has 0 bridgehead atoms. The van der Waals surface area contributed by atoms with E-state index in [1.165, 1.54) is 12.3 Å². The van der Waals surface area contributed by atoms with Gasteiger partial charge >= 0.3 is 5.97 Å². The molecule has 0 aromatic carbocycles. The monoisotopic (exact) mass is 294 g/mol. The Labute approximate surface area is 122 Å². The first-order valence-corrected chi connectivity index (χ1v) is 7.17. The lowest BCUT2D eigenvalue weighted by atomic mass is 9.80. The summed E-state index contributed by atoms with van der Waals surface area (Å²) in [6, 6.07) is 2.44. The van der Waals surface area contributed by atoms with Crippen molar-refractivity contribution in [3.8, 4) is 0 Å². The van der Waals surface area contributed by atoms with Crippen molar-refractivity contribution in [3.63, 3.8) is 0 Å². The summed E-state index contributed by atoms with van der Waals surface area (Å²) in [5.74, 6) is -2.07. The van der Waals surface area contributed by atoms with Gasteiger partial charge in [-0.2, -0.15) is 4.39 Å². The summed E-state index contributed by atoms with van der Waals surface area (Å²) in [5.41, 5.74) is -0.755. The van der Waals surface area contributed by atoms with E-state index in [2.05, 4.69) is 10.3 Å². The molecule has 6 heteroatoms. The Kier molecular flexibility index (Phi) is 4.88. The molecule has 0 radical (unpaired) electrons. The third-order valence-corrected chi connectivity index (χ3v) is 4.09. The van der Waals surface area contributed by atoms with E-state index in [1.807, 2.05) is 0 Å². The van der Waals surface area contributed by atoms with E-state index in [1.54, 1.807) is 0 Å². The molecule has 1 aromatic rings. The van der Waals surface area contributed by atoms with Gasteiger partial charge in [0.2, 0.25) is 5.95 Å². The summed E-state index contributed by atoms with van der Waals surface area (Å²) in [7, 11) is 0. The molecular weight excluding hydrogens is 275 g/mol. The number of amides is 1. The molecule has 21 heavy (non-hydrogen) atoms. The summed E-state index contributed by atoms with van der Waals surface area (Å²) in [6.07, 6.45) is 6.10. The molecule has 1 saturated carbocycles. The van der Waals surface area contributed by atoms with E-state index < -0.39 is 23.2 Å². The second-order valence-corrected chi connectivity index (χ2v) is 5.55. The number of halogens is 1. The molecule has 1 fully saturated rings. The van der Waals surface area contributed by atoms with Crippen LogP contribution in [0.2, 0.25) is 0 Å². The Morgan fingerprint density at radius 1 is 1.29 bits per heavy atom. The first-order valence-electron chi connectivity index (χ1n) is 7.17. The van der Waals surface area contributed by atoms with Crippen LogP contribution in [-0.2, 0) is 4.79 Å². The maximum Gasteiger partial charge on any atom is 0.311 e. The molecule has 2 rings (SSSR count). The predicted octanol–water partition coefficient (Wildman–Crippen LogP) is 2.38. The number of carboxylic acid groups (broad SMARTS) is 1. The maximum absolute atomic E-state index is 13.0. The summed E-state index contributed by atoms with van der Waals surface area (Å²) < 4.78 is 13.0. The summed E-state index contributed by atoms with van der Waals surface area (Å²) in [4.78, 5) is 27.0.